The molecule has 0 radical (unpaired) electrons. The standard InChI is InChI=1S/C24H32N4O3/c1-4-25-24(28-20-9-10-21-22(15-20)31-12-6-11-30-21)26-16-18-7-5-8-19(14-18)27-23(29)13-17(2)3/h5,7-10,14-15,17H,4,6,11-13,16H2,1-3H3,(H,27,29)(H2,25,26,28). The smallest absolute Gasteiger partial charge is 0.224 e. The lowest BCUT2D eigenvalue weighted by atomic mass is 10.1. The minimum atomic E-state index is 0.0278. The summed E-state index contributed by atoms with van der Waals surface area (Å²) in [6.07, 6.45) is 1.38. The highest BCUT2D eigenvalue weighted by atomic mass is 16.5. The molecule has 2 aromatic rings. The van der Waals surface area contributed by atoms with Crippen LogP contribution >= 0.6 is 0 Å². The van der Waals surface area contributed by atoms with Gasteiger partial charge in [0.05, 0.1) is 19.8 Å². The molecule has 0 saturated heterocycles. The van der Waals surface area contributed by atoms with Gasteiger partial charge >= 0.3 is 0 Å². The fourth-order valence-electron chi connectivity index (χ4n) is 3.19. The molecule has 1 aliphatic rings. The predicted molar refractivity (Wildman–Crippen MR) is 125 cm³/mol. The molecule has 31 heavy (non-hydrogen) atoms. The van der Waals surface area contributed by atoms with E-state index in [1.807, 2.05) is 63.2 Å². The second-order valence-corrected chi connectivity index (χ2v) is 7.88. The van der Waals surface area contributed by atoms with E-state index in [1.165, 1.54) is 0 Å². The van der Waals surface area contributed by atoms with Crippen LogP contribution < -0.4 is 25.4 Å². The zero-order chi connectivity index (χ0) is 22.1. The van der Waals surface area contributed by atoms with E-state index in [9.17, 15) is 4.79 Å². The lowest BCUT2D eigenvalue weighted by Crippen LogP contribution is -2.30. The van der Waals surface area contributed by atoms with Crippen LogP contribution in [0.5, 0.6) is 11.5 Å². The summed E-state index contributed by atoms with van der Waals surface area (Å²) in [6.45, 7) is 8.62. The van der Waals surface area contributed by atoms with Gasteiger partial charge in [0.2, 0.25) is 5.91 Å². The summed E-state index contributed by atoms with van der Waals surface area (Å²) in [6, 6.07) is 13.6. The van der Waals surface area contributed by atoms with Crippen molar-refractivity contribution in [3.8, 4) is 11.5 Å². The largest absolute Gasteiger partial charge is 0.490 e. The summed E-state index contributed by atoms with van der Waals surface area (Å²) in [5.74, 6) is 2.53. The van der Waals surface area contributed by atoms with Crippen molar-refractivity contribution >= 4 is 23.2 Å². The lowest BCUT2D eigenvalue weighted by Gasteiger charge is -2.14. The fraction of sp³-hybridized carbons (Fsp3) is 0.417. The molecular weight excluding hydrogens is 392 g/mol. The van der Waals surface area contributed by atoms with Crippen molar-refractivity contribution in [3.05, 3.63) is 48.0 Å². The highest BCUT2D eigenvalue weighted by molar-refractivity contribution is 5.94. The number of nitrogens with one attached hydrogen (secondary N) is 3. The van der Waals surface area contributed by atoms with Crippen LogP contribution in [0.15, 0.2) is 47.5 Å². The number of hydrogen-bond acceptors (Lipinski definition) is 4. The Morgan fingerprint density at radius 1 is 1.03 bits per heavy atom. The van der Waals surface area contributed by atoms with Gasteiger partial charge in [-0.3, -0.25) is 4.79 Å². The van der Waals surface area contributed by atoms with Gasteiger partial charge < -0.3 is 25.4 Å². The van der Waals surface area contributed by atoms with Gasteiger partial charge in [0.25, 0.3) is 0 Å². The van der Waals surface area contributed by atoms with Crippen LogP contribution in [0.2, 0.25) is 0 Å². The highest BCUT2D eigenvalue weighted by Gasteiger charge is 2.11. The molecule has 7 nitrogen and oxygen atoms in total. The number of guanidine groups is 1. The van der Waals surface area contributed by atoms with Crippen LogP contribution in [-0.4, -0.2) is 31.6 Å². The number of anilines is 2. The first kappa shape index (κ1) is 22.5. The van der Waals surface area contributed by atoms with Crippen molar-refractivity contribution in [3.63, 3.8) is 0 Å². The second-order valence-electron chi connectivity index (χ2n) is 7.88. The van der Waals surface area contributed by atoms with Gasteiger partial charge in [-0.1, -0.05) is 26.0 Å². The number of benzene rings is 2. The molecule has 1 heterocycles. The number of nitrogens with zero attached hydrogens (tertiary/aromatic N) is 1. The average Bonchev–Trinajstić information content (AvgIpc) is 2.97. The number of carbonyl (C=O) groups excluding carboxylic acids is 1. The van der Waals surface area contributed by atoms with E-state index in [0.29, 0.717) is 38.1 Å². The number of rotatable bonds is 7. The Labute approximate surface area is 184 Å². The Bertz CT molecular complexity index is 911. The van der Waals surface area contributed by atoms with Crippen molar-refractivity contribution in [2.45, 2.75) is 40.2 Å². The average molecular weight is 425 g/mol. The molecule has 0 aromatic heterocycles. The van der Waals surface area contributed by atoms with Gasteiger partial charge in [-0.25, -0.2) is 4.99 Å². The Balaban J connectivity index is 1.66. The predicted octanol–water partition coefficient (Wildman–Crippen LogP) is 4.41. The Morgan fingerprint density at radius 3 is 2.58 bits per heavy atom. The first-order chi connectivity index (χ1) is 15.0. The molecule has 1 aliphatic heterocycles. The molecule has 2 aromatic carbocycles. The molecule has 0 bridgehead atoms. The fourth-order valence-corrected chi connectivity index (χ4v) is 3.19. The zero-order valence-corrected chi connectivity index (χ0v) is 18.5. The van der Waals surface area contributed by atoms with Crippen LogP contribution in [0.4, 0.5) is 11.4 Å². The lowest BCUT2D eigenvalue weighted by molar-refractivity contribution is -0.116. The molecule has 0 aliphatic carbocycles. The van der Waals surface area contributed by atoms with Crippen molar-refractivity contribution in [2.24, 2.45) is 10.9 Å². The monoisotopic (exact) mass is 424 g/mol. The quantitative estimate of drug-likeness (QED) is 0.453. The normalized spacial score (nSPS) is 13.5. The molecule has 1 amide bonds. The summed E-state index contributed by atoms with van der Waals surface area (Å²) in [5.41, 5.74) is 2.68. The van der Waals surface area contributed by atoms with Crippen LogP contribution in [0.3, 0.4) is 0 Å². The van der Waals surface area contributed by atoms with Gasteiger partial charge in [0.1, 0.15) is 0 Å². The van der Waals surface area contributed by atoms with E-state index in [0.717, 1.165) is 41.4 Å². The second kappa shape index (κ2) is 11.2. The van der Waals surface area contributed by atoms with E-state index in [2.05, 4.69) is 20.9 Å². The Kier molecular flexibility index (Phi) is 8.15. The molecule has 3 rings (SSSR count). The van der Waals surface area contributed by atoms with Crippen LogP contribution in [0, 0.1) is 5.92 Å². The summed E-state index contributed by atoms with van der Waals surface area (Å²) in [7, 11) is 0. The molecular formula is C24H32N4O3. The SMILES string of the molecule is CCNC(=NCc1cccc(NC(=O)CC(C)C)c1)Nc1ccc2c(c1)OCCCO2. The van der Waals surface area contributed by atoms with Crippen molar-refractivity contribution in [1.82, 2.24) is 5.32 Å². The highest BCUT2D eigenvalue weighted by Crippen LogP contribution is 2.32. The number of carbonyl (C=O) groups is 1. The third-order valence-corrected chi connectivity index (χ3v) is 4.58. The molecule has 0 unspecified atom stereocenters. The van der Waals surface area contributed by atoms with Crippen LogP contribution in [0.25, 0.3) is 0 Å². The van der Waals surface area contributed by atoms with E-state index in [1.54, 1.807) is 0 Å². The maximum atomic E-state index is 12.0. The molecule has 166 valence electrons. The number of ether oxygens (including phenoxy) is 2. The zero-order valence-electron chi connectivity index (χ0n) is 18.5. The molecule has 7 heteroatoms. The first-order valence-electron chi connectivity index (χ1n) is 10.9. The van der Waals surface area contributed by atoms with Crippen molar-refractivity contribution in [1.29, 1.82) is 0 Å². The maximum absolute atomic E-state index is 12.0. The molecule has 3 N–H and O–H groups in total. The van der Waals surface area contributed by atoms with Gasteiger partial charge in [-0.15, -0.1) is 0 Å². The summed E-state index contributed by atoms with van der Waals surface area (Å²) < 4.78 is 11.5. The Hall–Kier alpha value is -3.22. The van der Waals surface area contributed by atoms with E-state index in [-0.39, 0.29) is 5.91 Å². The van der Waals surface area contributed by atoms with Gasteiger partial charge in [-0.2, -0.15) is 0 Å². The third-order valence-electron chi connectivity index (χ3n) is 4.58. The van der Waals surface area contributed by atoms with Crippen LogP contribution in [-0.2, 0) is 11.3 Å². The van der Waals surface area contributed by atoms with Crippen molar-refractivity contribution < 1.29 is 14.3 Å². The Morgan fingerprint density at radius 2 is 1.81 bits per heavy atom. The van der Waals surface area contributed by atoms with Crippen LogP contribution in [0.1, 0.15) is 39.2 Å². The molecule has 0 fully saturated rings. The molecule has 0 atom stereocenters. The summed E-state index contributed by atoms with van der Waals surface area (Å²) >= 11 is 0. The van der Waals surface area contributed by atoms with E-state index >= 15 is 0 Å². The number of aliphatic imine (C=N–C) groups is 1. The molecule has 0 saturated carbocycles. The number of fused-ring (bicyclic) bond motifs is 1. The van der Waals surface area contributed by atoms with Crippen molar-refractivity contribution in [2.75, 3.05) is 30.4 Å². The summed E-state index contributed by atoms with van der Waals surface area (Å²) in [4.78, 5) is 16.7. The number of hydrogen-bond donors (Lipinski definition) is 3. The topological polar surface area (TPSA) is 84.0 Å². The van der Waals surface area contributed by atoms with Gasteiger partial charge in [0.15, 0.2) is 17.5 Å². The number of amides is 1. The maximum Gasteiger partial charge on any atom is 0.224 e. The van der Waals surface area contributed by atoms with E-state index in [4.69, 9.17) is 9.47 Å². The first-order valence-corrected chi connectivity index (χ1v) is 10.9. The third kappa shape index (κ3) is 7.20. The van der Waals surface area contributed by atoms with E-state index < -0.39 is 0 Å². The minimum absolute atomic E-state index is 0.0278. The van der Waals surface area contributed by atoms with Gasteiger partial charge in [0, 0.05) is 36.8 Å². The minimum Gasteiger partial charge on any atom is -0.490 e. The molecule has 0 spiro atoms. The van der Waals surface area contributed by atoms with Gasteiger partial charge in [-0.05, 0) is 42.7 Å². The summed E-state index contributed by atoms with van der Waals surface area (Å²) in [5, 5.41) is 9.54.